The average molecular weight is 463 g/mol. The van der Waals surface area contributed by atoms with Gasteiger partial charge in [-0.15, -0.1) is 0 Å². The van der Waals surface area contributed by atoms with Gasteiger partial charge < -0.3 is 11.1 Å². The summed E-state index contributed by atoms with van der Waals surface area (Å²) in [7, 11) is 0. The Hall–Kier alpha value is -0.690. The van der Waals surface area contributed by atoms with Crippen molar-refractivity contribution < 1.29 is 4.79 Å². The first-order valence-corrected chi connectivity index (χ1v) is 8.14. The molecular weight excluding hydrogens is 452 g/mol. The highest BCUT2D eigenvalue weighted by molar-refractivity contribution is 9.11. The second-order valence-electron chi connectivity index (χ2n) is 4.10. The zero-order chi connectivity index (χ0) is 14.7. The van der Waals surface area contributed by atoms with Gasteiger partial charge in [0.2, 0.25) is 0 Å². The van der Waals surface area contributed by atoms with E-state index in [0.717, 1.165) is 19.0 Å². The van der Waals surface area contributed by atoms with Crippen LogP contribution >= 0.6 is 47.8 Å². The van der Waals surface area contributed by atoms with Crippen LogP contribution in [0.3, 0.4) is 0 Å². The highest BCUT2D eigenvalue weighted by atomic mass is 79.9. The number of carbonyl (C=O) groups is 1. The molecule has 3 nitrogen and oxygen atoms in total. The van der Waals surface area contributed by atoms with Crippen molar-refractivity contribution in [3.05, 3.63) is 60.9 Å². The topological polar surface area (TPSA) is 55.1 Å². The van der Waals surface area contributed by atoms with E-state index in [1.54, 1.807) is 12.1 Å². The maximum Gasteiger partial charge on any atom is 0.255 e. The lowest BCUT2D eigenvalue weighted by molar-refractivity contribution is 0.102. The van der Waals surface area contributed by atoms with E-state index in [1.807, 2.05) is 24.3 Å². The van der Waals surface area contributed by atoms with Crippen molar-refractivity contribution in [2.24, 2.45) is 5.73 Å². The van der Waals surface area contributed by atoms with Crippen molar-refractivity contribution in [3.8, 4) is 0 Å². The van der Waals surface area contributed by atoms with Gasteiger partial charge in [0.25, 0.3) is 5.91 Å². The van der Waals surface area contributed by atoms with Gasteiger partial charge in [-0.25, -0.2) is 0 Å². The Morgan fingerprint density at radius 2 is 1.60 bits per heavy atom. The fourth-order valence-corrected chi connectivity index (χ4v) is 4.10. The smallest absolute Gasteiger partial charge is 0.255 e. The Bertz CT molecular complexity index is 618. The Morgan fingerprint density at radius 1 is 1.05 bits per heavy atom. The van der Waals surface area contributed by atoms with Crippen LogP contribution in [0, 0.1) is 0 Å². The van der Waals surface area contributed by atoms with Crippen LogP contribution in [0.4, 0.5) is 5.69 Å². The van der Waals surface area contributed by atoms with Crippen LogP contribution < -0.4 is 11.1 Å². The number of benzene rings is 2. The molecule has 0 unspecified atom stereocenters. The summed E-state index contributed by atoms with van der Waals surface area (Å²) in [6, 6.07) is 11.0. The predicted octanol–water partition coefficient (Wildman–Crippen LogP) is 4.69. The van der Waals surface area contributed by atoms with Crippen molar-refractivity contribution in [3.63, 3.8) is 0 Å². The maximum absolute atomic E-state index is 12.2. The molecule has 0 spiro atoms. The van der Waals surface area contributed by atoms with Crippen LogP contribution in [0.2, 0.25) is 0 Å². The second-order valence-corrected chi connectivity index (χ2v) is 6.72. The first-order chi connectivity index (χ1) is 9.51. The molecule has 0 saturated heterocycles. The van der Waals surface area contributed by atoms with Crippen molar-refractivity contribution in [1.82, 2.24) is 0 Å². The lowest BCUT2D eigenvalue weighted by Gasteiger charge is -2.10. The molecule has 20 heavy (non-hydrogen) atoms. The first kappa shape index (κ1) is 15.7. The lowest BCUT2D eigenvalue weighted by Crippen LogP contribution is -2.13. The molecule has 0 atom stereocenters. The van der Waals surface area contributed by atoms with Crippen molar-refractivity contribution in [1.29, 1.82) is 0 Å². The van der Waals surface area contributed by atoms with Crippen molar-refractivity contribution in [2.45, 2.75) is 6.54 Å². The molecule has 2 rings (SSSR count). The predicted molar refractivity (Wildman–Crippen MR) is 91.8 cm³/mol. The number of amides is 1. The van der Waals surface area contributed by atoms with Crippen LogP contribution in [-0.4, -0.2) is 5.91 Å². The summed E-state index contributed by atoms with van der Waals surface area (Å²) >= 11 is 10.3. The molecule has 0 aliphatic carbocycles. The lowest BCUT2D eigenvalue weighted by atomic mass is 10.1. The number of nitrogens with one attached hydrogen (secondary N) is 1. The Balaban J connectivity index is 2.23. The van der Waals surface area contributed by atoms with Crippen molar-refractivity contribution in [2.75, 3.05) is 5.32 Å². The molecule has 0 aromatic heterocycles. The maximum atomic E-state index is 12.2. The molecule has 0 radical (unpaired) electrons. The van der Waals surface area contributed by atoms with Crippen LogP contribution in [0.1, 0.15) is 15.9 Å². The number of halogens is 3. The molecule has 0 fully saturated rings. The van der Waals surface area contributed by atoms with E-state index in [4.69, 9.17) is 5.73 Å². The summed E-state index contributed by atoms with van der Waals surface area (Å²) in [5.74, 6) is -0.169. The van der Waals surface area contributed by atoms with Gasteiger partial charge in [-0.3, -0.25) is 4.79 Å². The molecule has 0 heterocycles. The highest BCUT2D eigenvalue weighted by Crippen LogP contribution is 2.34. The molecule has 2 aromatic rings. The van der Waals surface area contributed by atoms with Crippen LogP contribution in [0.5, 0.6) is 0 Å². The average Bonchev–Trinajstić information content (AvgIpc) is 2.42. The van der Waals surface area contributed by atoms with Crippen molar-refractivity contribution >= 4 is 59.4 Å². The summed E-state index contributed by atoms with van der Waals surface area (Å²) in [5.41, 5.74) is 7.81. The van der Waals surface area contributed by atoms with Gasteiger partial charge in [0.1, 0.15) is 0 Å². The largest absolute Gasteiger partial charge is 0.326 e. The van der Waals surface area contributed by atoms with Gasteiger partial charge in [0.15, 0.2) is 0 Å². The van der Waals surface area contributed by atoms with Gasteiger partial charge in [0.05, 0.1) is 5.69 Å². The van der Waals surface area contributed by atoms with E-state index in [0.29, 0.717) is 17.8 Å². The minimum Gasteiger partial charge on any atom is -0.326 e. The first-order valence-electron chi connectivity index (χ1n) is 5.76. The third-order valence-electron chi connectivity index (χ3n) is 2.70. The molecule has 3 N–H and O–H groups in total. The minimum absolute atomic E-state index is 0.169. The second kappa shape index (κ2) is 6.85. The third kappa shape index (κ3) is 3.69. The van der Waals surface area contributed by atoms with E-state index < -0.39 is 0 Å². The number of nitrogens with two attached hydrogens (primary N) is 1. The summed E-state index contributed by atoms with van der Waals surface area (Å²) < 4.78 is 2.51. The van der Waals surface area contributed by atoms with E-state index in [1.165, 1.54) is 0 Å². The molecule has 0 bridgehead atoms. The molecule has 1 amide bonds. The van der Waals surface area contributed by atoms with Gasteiger partial charge >= 0.3 is 0 Å². The van der Waals surface area contributed by atoms with E-state index in [9.17, 15) is 4.79 Å². The molecule has 2 aromatic carbocycles. The monoisotopic (exact) mass is 460 g/mol. The molecule has 104 valence electrons. The number of carbonyl (C=O) groups excluding carboxylic acids is 1. The van der Waals surface area contributed by atoms with Gasteiger partial charge in [-0.1, -0.05) is 28.1 Å². The zero-order valence-corrected chi connectivity index (χ0v) is 15.0. The summed E-state index contributed by atoms with van der Waals surface area (Å²) in [6.45, 7) is 0.464. The summed E-state index contributed by atoms with van der Waals surface area (Å²) in [5, 5.41) is 2.87. The van der Waals surface area contributed by atoms with E-state index in [2.05, 4.69) is 53.1 Å². The van der Waals surface area contributed by atoms with Gasteiger partial charge in [-0.05, 0) is 61.7 Å². The summed E-state index contributed by atoms with van der Waals surface area (Å²) in [4.78, 5) is 12.2. The Labute approximate surface area is 142 Å². The van der Waals surface area contributed by atoms with Crippen LogP contribution in [0.15, 0.2) is 49.8 Å². The van der Waals surface area contributed by atoms with E-state index >= 15 is 0 Å². The Kier molecular flexibility index (Phi) is 5.37. The molecule has 0 saturated carbocycles. The molecule has 6 heteroatoms. The quantitative estimate of drug-likeness (QED) is 0.695. The third-order valence-corrected chi connectivity index (χ3v) is 4.41. The SMILES string of the molecule is NCc1ccc(C(=O)Nc2c(Br)cc(Br)cc2Br)cc1. The molecular formula is C14H11Br3N2O. The fraction of sp³-hybridized carbons (Fsp3) is 0.0714. The molecule has 0 aliphatic heterocycles. The highest BCUT2D eigenvalue weighted by Gasteiger charge is 2.12. The number of hydrogen-bond acceptors (Lipinski definition) is 2. The zero-order valence-electron chi connectivity index (χ0n) is 10.3. The fourth-order valence-electron chi connectivity index (χ4n) is 1.64. The Morgan fingerprint density at radius 3 is 2.10 bits per heavy atom. The summed E-state index contributed by atoms with van der Waals surface area (Å²) in [6.07, 6.45) is 0. The minimum atomic E-state index is -0.169. The normalized spacial score (nSPS) is 10.4. The van der Waals surface area contributed by atoms with Crippen LogP contribution in [0.25, 0.3) is 0 Å². The van der Waals surface area contributed by atoms with Gasteiger partial charge in [-0.2, -0.15) is 0 Å². The van der Waals surface area contributed by atoms with Crippen LogP contribution in [-0.2, 0) is 6.54 Å². The number of hydrogen-bond donors (Lipinski definition) is 2. The van der Waals surface area contributed by atoms with E-state index in [-0.39, 0.29) is 5.91 Å². The van der Waals surface area contributed by atoms with Gasteiger partial charge in [0, 0.05) is 25.5 Å². The molecule has 0 aliphatic rings. The number of rotatable bonds is 3. The standard InChI is InChI=1S/C14H11Br3N2O/c15-10-5-11(16)13(12(17)6-10)19-14(20)9-3-1-8(7-18)2-4-9/h1-6H,7,18H2,(H,19,20). The number of anilines is 1.